The van der Waals surface area contributed by atoms with Gasteiger partial charge < -0.3 is 9.09 Å². The zero-order valence-electron chi connectivity index (χ0n) is 11.9. The molecule has 3 rings (SSSR count). The molecule has 0 aliphatic carbocycles. The minimum Gasteiger partial charge on any atom is -0.337 e. The van der Waals surface area contributed by atoms with Crippen molar-refractivity contribution in [1.82, 2.24) is 14.7 Å². The van der Waals surface area contributed by atoms with E-state index in [1.54, 1.807) is 0 Å². The van der Waals surface area contributed by atoms with Crippen molar-refractivity contribution < 1.29 is 22.1 Å². The third-order valence-electron chi connectivity index (χ3n) is 3.20. The summed E-state index contributed by atoms with van der Waals surface area (Å²) in [6, 6.07) is 7.10. The predicted octanol–water partition coefficient (Wildman–Crippen LogP) is 3.10. The van der Waals surface area contributed by atoms with E-state index in [1.165, 1.54) is 30.5 Å². The molecule has 2 heterocycles. The SMILES string of the molecule is O=c1c(C(F)(F)F)cccn1Cc1nc(-c2ccc(F)cc2)no1. The molecule has 0 spiro atoms. The quantitative estimate of drug-likeness (QED) is 0.688. The van der Waals surface area contributed by atoms with Gasteiger partial charge in [0.2, 0.25) is 11.7 Å². The van der Waals surface area contributed by atoms with Gasteiger partial charge in [-0.1, -0.05) is 5.16 Å². The average molecular weight is 339 g/mol. The van der Waals surface area contributed by atoms with E-state index in [-0.39, 0.29) is 18.3 Å². The van der Waals surface area contributed by atoms with Crippen LogP contribution in [0.1, 0.15) is 11.5 Å². The van der Waals surface area contributed by atoms with Crippen LogP contribution in [0.3, 0.4) is 0 Å². The maximum atomic E-state index is 12.9. The normalized spacial score (nSPS) is 11.7. The van der Waals surface area contributed by atoms with E-state index in [0.717, 1.165) is 10.6 Å². The van der Waals surface area contributed by atoms with Crippen LogP contribution >= 0.6 is 0 Å². The molecule has 3 aromatic rings. The van der Waals surface area contributed by atoms with Gasteiger partial charge in [-0.15, -0.1) is 0 Å². The van der Waals surface area contributed by atoms with Crippen LogP contribution in [0, 0.1) is 5.82 Å². The first-order valence-corrected chi connectivity index (χ1v) is 6.70. The number of rotatable bonds is 3. The van der Waals surface area contributed by atoms with Crippen molar-refractivity contribution in [2.75, 3.05) is 0 Å². The standard InChI is InChI=1S/C15H9F4N3O2/c16-10-5-3-9(4-6-10)13-20-12(24-21-13)8-22-7-1-2-11(14(22)23)15(17,18)19/h1-7H,8H2. The lowest BCUT2D eigenvalue weighted by Gasteiger charge is -2.08. The zero-order valence-corrected chi connectivity index (χ0v) is 11.9. The summed E-state index contributed by atoms with van der Waals surface area (Å²) in [7, 11) is 0. The van der Waals surface area contributed by atoms with Crippen LogP contribution < -0.4 is 5.56 Å². The molecule has 0 saturated heterocycles. The van der Waals surface area contributed by atoms with Gasteiger partial charge in [0.1, 0.15) is 17.9 Å². The number of alkyl halides is 3. The molecule has 0 aliphatic rings. The number of halogens is 4. The van der Waals surface area contributed by atoms with Crippen LogP contribution in [0.15, 0.2) is 51.9 Å². The van der Waals surface area contributed by atoms with E-state index >= 15 is 0 Å². The first-order chi connectivity index (χ1) is 11.3. The topological polar surface area (TPSA) is 60.9 Å². The van der Waals surface area contributed by atoms with Crippen LogP contribution in [0.4, 0.5) is 17.6 Å². The Kier molecular flexibility index (Phi) is 3.92. The summed E-state index contributed by atoms with van der Waals surface area (Å²) < 4.78 is 56.8. The van der Waals surface area contributed by atoms with E-state index < -0.39 is 23.1 Å². The summed E-state index contributed by atoms with van der Waals surface area (Å²) in [5.41, 5.74) is -2.00. The number of hydrogen-bond donors (Lipinski definition) is 0. The monoisotopic (exact) mass is 339 g/mol. The average Bonchev–Trinajstić information content (AvgIpc) is 2.97. The highest BCUT2D eigenvalue weighted by molar-refractivity contribution is 5.53. The van der Waals surface area contributed by atoms with E-state index in [0.29, 0.717) is 11.6 Å². The lowest BCUT2D eigenvalue weighted by atomic mass is 10.2. The summed E-state index contributed by atoms with van der Waals surface area (Å²) in [4.78, 5) is 15.8. The van der Waals surface area contributed by atoms with Crippen molar-refractivity contribution in [3.63, 3.8) is 0 Å². The fourth-order valence-corrected chi connectivity index (χ4v) is 2.06. The molecular formula is C15H9F4N3O2. The molecule has 0 radical (unpaired) electrons. The molecule has 9 heteroatoms. The summed E-state index contributed by atoms with van der Waals surface area (Å²) in [6.45, 7) is -0.309. The minimum atomic E-state index is -4.74. The maximum Gasteiger partial charge on any atom is 0.421 e. The number of pyridine rings is 1. The number of hydrogen-bond acceptors (Lipinski definition) is 4. The molecule has 0 bridgehead atoms. The van der Waals surface area contributed by atoms with E-state index in [4.69, 9.17) is 4.52 Å². The maximum absolute atomic E-state index is 12.9. The van der Waals surface area contributed by atoms with Crippen molar-refractivity contribution in [3.8, 4) is 11.4 Å². The lowest BCUT2D eigenvalue weighted by molar-refractivity contribution is -0.139. The first-order valence-electron chi connectivity index (χ1n) is 6.70. The molecule has 0 saturated carbocycles. The minimum absolute atomic E-state index is 0.0456. The Hall–Kier alpha value is -2.97. The van der Waals surface area contributed by atoms with Crippen molar-refractivity contribution >= 4 is 0 Å². The Bertz CT molecular complexity index is 913. The van der Waals surface area contributed by atoms with Gasteiger partial charge in [-0.3, -0.25) is 4.79 Å². The summed E-state index contributed by atoms with van der Waals surface area (Å²) in [5, 5.41) is 3.67. The first kappa shape index (κ1) is 15.9. The number of aromatic nitrogens is 3. The van der Waals surface area contributed by atoms with Crippen molar-refractivity contribution in [1.29, 1.82) is 0 Å². The largest absolute Gasteiger partial charge is 0.421 e. The van der Waals surface area contributed by atoms with Gasteiger partial charge in [-0.2, -0.15) is 18.2 Å². The summed E-state index contributed by atoms with van der Waals surface area (Å²) in [6.07, 6.45) is -3.55. The van der Waals surface area contributed by atoms with Crippen LogP contribution in [0.25, 0.3) is 11.4 Å². The number of benzene rings is 1. The highest BCUT2D eigenvalue weighted by atomic mass is 19.4. The molecular weight excluding hydrogens is 330 g/mol. The molecule has 2 aromatic heterocycles. The lowest BCUT2D eigenvalue weighted by Crippen LogP contribution is -2.28. The summed E-state index contributed by atoms with van der Waals surface area (Å²) in [5.74, 6) is -0.334. The molecule has 0 atom stereocenters. The second-order valence-electron chi connectivity index (χ2n) is 4.87. The van der Waals surface area contributed by atoms with Gasteiger partial charge in [-0.05, 0) is 36.4 Å². The molecule has 124 valence electrons. The van der Waals surface area contributed by atoms with Gasteiger partial charge in [0.25, 0.3) is 5.56 Å². The second kappa shape index (κ2) is 5.91. The van der Waals surface area contributed by atoms with Gasteiger partial charge in [0, 0.05) is 11.8 Å². The number of nitrogens with zero attached hydrogens (tertiary/aromatic N) is 3. The third kappa shape index (κ3) is 3.19. The molecule has 0 amide bonds. The Morgan fingerprint density at radius 2 is 1.83 bits per heavy atom. The highest BCUT2D eigenvalue weighted by Crippen LogP contribution is 2.26. The fraction of sp³-hybridized carbons (Fsp3) is 0.133. The fourth-order valence-electron chi connectivity index (χ4n) is 2.06. The van der Waals surface area contributed by atoms with Crippen molar-refractivity contribution in [2.45, 2.75) is 12.7 Å². The molecule has 0 unspecified atom stereocenters. The van der Waals surface area contributed by atoms with Crippen molar-refractivity contribution in [2.24, 2.45) is 0 Å². The van der Waals surface area contributed by atoms with Gasteiger partial charge >= 0.3 is 6.18 Å². The van der Waals surface area contributed by atoms with Gasteiger partial charge in [0.15, 0.2) is 0 Å². The molecule has 1 aromatic carbocycles. The highest BCUT2D eigenvalue weighted by Gasteiger charge is 2.34. The predicted molar refractivity (Wildman–Crippen MR) is 74.5 cm³/mol. The Morgan fingerprint density at radius 3 is 2.50 bits per heavy atom. The van der Waals surface area contributed by atoms with Gasteiger partial charge in [0.05, 0.1) is 0 Å². The van der Waals surface area contributed by atoms with Gasteiger partial charge in [-0.25, -0.2) is 4.39 Å². The van der Waals surface area contributed by atoms with Crippen LogP contribution in [0.2, 0.25) is 0 Å². The third-order valence-corrected chi connectivity index (χ3v) is 3.20. The molecule has 5 nitrogen and oxygen atoms in total. The van der Waals surface area contributed by atoms with E-state index in [2.05, 4.69) is 10.1 Å². The summed E-state index contributed by atoms with van der Waals surface area (Å²) >= 11 is 0. The van der Waals surface area contributed by atoms with E-state index in [9.17, 15) is 22.4 Å². The Labute approximate surface area is 132 Å². The van der Waals surface area contributed by atoms with Crippen LogP contribution in [0.5, 0.6) is 0 Å². The Morgan fingerprint density at radius 1 is 1.12 bits per heavy atom. The Balaban J connectivity index is 1.88. The smallest absolute Gasteiger partial charge is 0.337 e. The van der Waals surface area contributed by atoms with Crippen LogP contribution in [-0.4, -0.2) is 14.7 Å². The second-order valence-corrected chi connectivity index (χ2v) is 4.87. The molecule has 24 heavy (non-hydrogen) atoms. The van der Waals surface area contributed by atoms with Crippen LogP contribution in [-0.2, 0) is 12.7 Å². The molecule has 0 fully saturated rings. The molecule has 0 N–H and O–H groups in total. The van der Waals surface area contributed by atoms with Crippen molar-refractivity contribution in [3.05, 3.63) is 70.2 Å². The zero-order chi connectivity index (χ0) is 17.3. The van der Waals surface area contributed by atoms with E-state index in [1.807, 2.05) is 0 Å². The molecule has 0 aliphatic heterocycles.